The van der Waals surface area contributed by atoms with Crippen LogP contribution in [0.3, 0.4) is 0 Å². The number of carbonyl (C=O) groups excluding carboxylic acids is 2. The predicted molar refractivity (Wildman–Crippen MR) is 102 cm³/mol. The molecule has 3 saturated carbocycles. The number of benzene rings is 1. The van der Waals surface area contributed by atoms with Crippen LogP contribution in [0.2, 0.25) is 0 Å². The van der Waals surface area contributed by atoms with Gasteiger partial charge in [0.05, 0.1) is 0 Å². The average Bonchev–Trinajstić information content (AvgIpc) is 2.76. The maximum atomic E-state index is 12.6. The van der Waals surface area contributed by atoms with Gasteiger partial charge in [-0.2, -0.15) is 0 Å². The standard InChI is InChI=1S/C23H28N2O2/c24-21(27)15-4-5-16-9-22-12-23(19(16)8-15)10-17(26)6-7-18(23)20(22)25(13-22)11-14-2-1-3-14/h4-5,8,14,18,20H,1-3,6-7,9-13H2,(H2,24,27). The molecule has 2 bridgehead atoms. The summed E-state index contributed by atoms with van der Waals surface area (Å²) in [6.07, 6.45) is 8.87. The quantitative estimate of drug-likeness (QED) is 0.897. The van der Waals surface area contributed by atoms with Crippen LogP contribution >= 0.6 is 0 Å². The zero-order chi connectivity index (χ0) is 18.4. The number of hydrogen-bond acceptors (Lipinski definition) is 3. The first-order chi connectivity index (χ1) is 13.0. The Morgan fingerprint density at radius 2 is 2.07 bits per heavy atom. The van der Waals surface area contributed by atoms with E-state index in [1.807, 2.05) is 12.1 Å². The van der Waals surface area contributed by atoms with Gasteiger partial charge in [0.25, 0.3) is 0 Å². The summed E-state index contributed by atoms with van der Waals surface area (Å²) in [6, 6.07) is 6.69. The first-order valence-electron chi connectivity index (χ1n) is 10.7. The van der Waals surface area contributed by atoms with E-state index in [9.17, 15) is 9.59 Å². The SMILES string of the molecule is NC(=O)c1ccc2c(c1)C13CC(=O)CCC1C1N(CC4CCC4)CC1(C2)C3. The van der Waals surface area contributed by atoms with Crippen molar-refractivity contribution in [2.24, 2.45) is 23.0 Å². The van der Waals surface area contributed by atoms with E-state index in [0.717, 1.165) is 31.6 Å². The number of likely N-dealkylation sites (tertiary alicyclic amines) is 1. The van der Waals surface area contributed by atoms with Gasteiger partial charge in [0.15, 0.2) is 0 Å². The highest BCUT2D eigenvalue weighted by Gasteiger charge is 2.71. The van der Waals surface area contributed by atoms with Crippen LogP contribution < -0.4 is 5.73 Å². The molecule has 4 fully saturated rings. The molecule has 4 atom stereocenters. The lowest BCUT2D eigenvalue weighted by Crippen LogP contribution is -2.65. The second-order valence-corrected chi connectivity index (χ2v) is 10.1. The lowest BCUT2D eigenvalue weighted by atomic mass is 9.59. The van der Waals surface area contributed by atoms with Crippen LogP contribution in [0, 0.1) is 17.3 Å². The van der Waals surface area contributed by atoms with Gasteiger partial charge in [-0.15, -0.1) is 0 Å². The van der Waals surface area contributed by atoms with E-state index in [1.165, 1.54) is 43.5 Å². The molecule has 2 N–H and O–H groups in total. The minimum atomic E-state index is -0.360. The summed E-state index contributed by atoms with van der Waals surface area (Å²) in [5, 5.41) is 0. The number of primary amides is 1. The zero-order valence-corrected chi connectivity index (χ0v) is 15.9. The molecule has 27 heavy (non-hydrogen) atoms. The number of hydrogen-bond donors (Lipinski definition) is 1. The Morgan fingerprint density at radius 3 is 2.81 bits per heavy atom. The molecule has 6 rings (SSSR count). The topological polar surface area (TPSA) is 63.4 Å². The van der Waals surface area contributed by atoms with Crippen LogP contribution in [-0.4, -0.2) is 35.7 Å². The molecule has 4 unspecified atom stereocenters. The summed E-state index contributed by atoms with van der Waals surface area (Å²) in [5.74, 6) is 1.51. The van der Waals surface area contributed by atoms with Crippen molar-refractivity contribution in [2.75, 3.05) is 13.1 Å². The molecule has 0 aromatic heterocycles. The molecule has 2 spiro atoms. The molecular formula is C23H28N2O2. The number of nitrogens with zero attached hydrogens (tertiary/aromatic N) is 1. The predicted octanol–water partition coefficient (Wildman–Crippen LogP) is 2.82. The second kappa shape index (κ2) is 5.22. The van der Waals surface area contributed by atoms with Crippen molar-refractivity contribution in [3.05, 3.63) is 34.9 Å². The highest BCUT2D eigenvalue weighted by molar-refractivity contribution is 5.93. The fraction of sp³-hybridized carbons (Fsp3) is 0.652. The van der Waals surface area contributed by atoms with Gasteiger partial charge in [-0.1, -0.05) is 12.5 Å². The van der Waals surface area contributed by atoms with Gasteiger partial charge in [-0.25, -0.2) is 0 Å². The molecule has 142 valence electrons. The molecule has 1 aromatic carbocycles. The molecule has 0 radical (unpaired) electrons. The lowest BCUT2D eigenvalue weighted by Gasteiger charge is -2.58. The largest absolute Gasteiger partial charge is 0.366 e. The fourth-order valence-corrected chi connectivity index (χ4v) is 7.68. The molecule has 4 aliphatic carbocycles. The monoisotopic (exact) mass is 364 g/mol. The molecule has 1 saturated heterocycles. The van der Waals surface area contributed by atoms with Crippen LogP contribution in [-0.2, 0) is 16.6 Å². The number of fused-ring (bicyclic) bond motifs is 2. The molecular weight excluding hydrogens is 336 g/mol. The molecule has 1 amide bonds. The third kappa shape index (κ3) is 2.03. The van der Waals surface area contributed by atoms with Crippen molar-refractivity contribution < 1.29 is 9.59 Å². The van der Waals surface area contributed by atoms with Crippen LogP contribution in [0.15, 0.2) is 18.2 Å². The summed E-state index contributed by atoms with van der Waals surface area (Å²) in [7, 11) is 0. The Hall–Kier alpha value is -1.68. The Balaban J connectivity index is 1.44. The number of ketones is 1. The molecule has 5 aliphatic rings. The number of carbonyl (C=O) groups is 2. The summed E-state index contributed by atoms with van der Waals surface area (Å²) < 4.78 is 0. The Morgan fingerprint density at radius 1 is 1.22 bits per heavy atom. The smallest absolute Gasteiger partial charge is 0.248 e. The minimum Gasteiger partial charge on any atom is -0.366 e. The van der Waals surface area contributed by atoms with Gasteiger partial charge in [-0.05, 0) is 67.2 Å². The van der Waals surface area contributed by atoms with Gasteiger partial charge >= 0.3 is 0 Å². The summed E-state index contributed by atoms with van der Waals surface area (Å²) in [5.41, 5.74) is 9.15. The highest BCUT2D eigenvalue weighted by Crippen LogP contribution is 2.69. The van der Waals surface area contributed by atoms with E-state index in [2.05, 4.69) is 11.0 Å². The van der Waals surface area contributed by atoms with E-state index >= 15 is 0 Å². The van der Waals surface area contributed by atoms with Gasteiger partial charge in [0.2, 0.25) is 5.91 Å². The van der Waals surface area contributed by atoms with E-state index in [4.69, 9.17) is 5.73 Å². The fourth-order valence-electron chi connectivity index (χ4n) is 7.68. The van der Waals surface area contributed by atoms with Crippen molar-refractivity contribution in [2.45, 2.75) is 62.8 Å². The highest BCUT2D eigenvalue weighted by atomic mass is 16.1. The molecule has 1 aliphatic heterocycles. The maximum Gasteiger partial charge on any atom is 0.248 e. The van der Waals surface area contributed by atoms with Crippen LogP contribution in [0.4, 0.5) is 0 Å². The average molecular weight is 364 g/mol. The molecule has 1 aromatic rings. The second-order valence-electron chi connectivity index (χ2n) is 10.1. The van der Waals surface area contributed by atoms with Crippen molar-refractivity contribution in [3.63, 3.8) is 0 Å². The van der Waals surface area contributed by atoms with Crippen LogP contribution in [0.1, 0.15) is 66.4 Å². The Labute approximate surface area is 160 Å². The number of nitrogens with two attached hydrogens (primary N) is 1. The normalized spacial score (nSPS) is 39.8. The van der Waals surface area contributed by atoms with Crippen molar-refractivity contribution in [1.29, 1.82) is 0 Å². The third-order valence-corrected chi connectivity index (χ3v) is 8.73. The van der Waals surface area contributed by atoms with Gasteiger partial charge in [0, 0.05) is 48.4 Å². The van der Waals surface area contributed by atoms with Crippen molar-refractivity contribution >= 4 is 11.7 Å². The summed E-state index contributed by atoms with van der Waals surface area (Å²) in [4.78, 5) is 27.2. The van der Waals surface area contributed by atoms with E-state index in [0.29, 0.717) is 35.1 Å². The Bertz CT molecular complexity index is 860. The van der Waals surface area contributed by atoms with Crippen molar-refractivity contribution in [3.8, 4) is 0 Å². The van der Waals surface area contributed by atoms with Crippen molar-refractivity contribution in [1.82, 2.24) is 4.90 Å². The summed E-state index contributed by atoms with van der Waals surface area (Å²) in [6.45, 7) is 2.47. The molecule has 4 heteroatoms. The minimum absolute atomic E-state index is 0.0482. The number of amides is 1. The molecule has 1 heterocycles. The van der Waals surface area contributed by atoms with Crippen LogP contribution in [0.25, 0.3) is 0 Å². The van der Waals surface area contributed by atoms with Gasteiger partial charge < -0.3 is 5.73 Å². The first-order valence-corrected chi connectivity index (χ1v) is 10.7. The zero-order valence-electron chi connectivity index (χ0n) is 15.9. The first kappa shape index (κ1) is 16.3. The number of Topliss-reactive ketones (excluding diaryl/α,β-unsaturated/α-hetero) is 1. The molecule has 4 nitrogen and oxygen atoms in total. The number of rotatable bonds is 3. The maximum absolute atomic E-state index is 12.6. The van der Waals surface area contributed by atoms with Crippen LogP contribution in [0.5, 0.6) is 0 Å². The van der Waals surface area contributed by atoms with E-state index in [-0.39, 0.29) is 11.3 Å². The van der Waals surface area contributed by atoms with E-state index < -0.39 is 0 Å². The van der Waals surface area contributed by atoms with E-state index in [1.54, 1.807) is 0 Å². The summed E-state index contributed by atoms with van der Waals surface area (Å²) >= 11 is 0. The van der Waals surface area contributed by atoms with Gasteiger partial charge in [0.1, 0.15) is 5.78 Å². The lowest BCUT2D eigenvalue weighted by molar-refractivity contribution is -0.124. The Kier molecular flexibility index (Phi) is 3.15. The van der Waals surface area contributed by atoms with Gasteiger partial charge in [-0.3, -0.25) is 14.5 Å². The third-order valence-electron chi connectivity index (χ3n) is 8.73.